The van der Waals surface area contributed by atoms with Gasteiger partial charge in [0.2, 0.25) is 5.91 Å². The van der Waals surface area contributed by atoms with Crippen LogP contribution in [0.4, 0.5) is 11.4 Å². The molecule has 6 heteroatoms. The van der Waals surface area contributed by atoms with Crippen LogP contribution >= 0.6 is 0 Å². The molecular weight excluding hydrogens is 332 g/mol. The molecule has 0 saturated carbocycles. The minimum Gasteiger partial charge on any atom is -0.497 e. The Morgan fingerprint density at radius 2 is 1.65 bits per heavy atom. The number of anilines is 2. The number of hydrogen-bond acceptors (Lipinski definition) is 5. The highest BCUT2D eigenvalue weighted by atomic mass is 16.7. The van der Waals surface area contributed by atoms with Crippen LogP contribution in [0.1, 0.15) is 13.3 Å². The summed E-state index contributed by atoms with van der Waals surface area (Å²) in [6.07, 6.45) is -0.0827. The largest absolute Gasteiger partial charge is 0.497 e. The average molecular weight is 352 g/mol. The number of hydrogen-bond donors (Lipinski definition) is 0. The molecule has 0 aliphatic carbocycles. The molecule has 26 heavy (non-hydrogen) atoms. The highest BCUT2D eigenvalue weighted by Gasteiger charge is 2.59. The third-order valence-corrected chi connectivity index (χ3v) is 5.00. The maximum Gasteiger partial charge on any atom is 0.266 e. The number of benzene rings is 2. The van der Waals surface area contributed by atoms with Crippen molar-refractivity contribution in [3.63, 3.8) is 0 Å². The average Bonchev–Trinajstić information content (AvgIpc) is 3.19. The number of carbonyl (C=O) groups is 2. The number of hydroxylamine groups is 1. The van der Waals surface area contributed by atoms with E-state index in [9.17, 15) is 9.59 Å². The van der Waals surface area contributed by atoms with E-state index in [-0.39, 0.29) is 17.9 Å². The van der Waals surface area contributed by atoms with Crippen LogP contribution in [-0.2, 0) is 14.4 Å². The summed E-state index contributed by atoms with van der Waals surface area (Å²) in [5.74, 6) is -0.363. The maximum atomic E-state index is 13.1. The van der Waals surface area contributed by atoms with E-state index < -0.39 is 12.0 Å². The fourth-order valence-corrected chi connectivity index (χ4v) is 3.72. The quantitative estimate of drug-likeness (QED) is 0.792. The summed E-state index contributed by atoms with van der Waals surface area (Å²) in [5, 5.41) is 1.72. The van der Waals surface area contributed by atoms with Crippen LogP contribution in [0.2, 0.25) is 0 Å². The highest BCUT2D eigenvalue weighted by Crippen LogP contribution is 2.41. The van der Waals surface area contributed by atoms with Gasteiger partial charge >= 0.3 is 0 Å². The maximum absolute atomic E-state index is 13.1. The minimum absolute atomic E-state index is 0.179. The first-order valence-corrected chi connectivity index (χ1v) is 8.68. The molecule has 0 spiro atoms. The van der Waals surface area contributed by atoms with E-state index in [2.05, 4.69) is 0 Å². The molecule has 134 valence electrons. The normalized spacial score (nSPS) is 24.9. The standard InChI is InChI=1S/C20H20N2O4/c1-3-16-17-18(26-22(16)14-7-5-4-6-8-14)20(24)21(19(17)23)13-9-11-15(25-2)12-10-13/h4-12,16-18H,3H2,1-2H3/t16-,17-,18+/m0/s1. The Hall–Kier alpha value is -2.86. The molecule has 2 aliphatic rings. The number of nitrogens with zero attached hydrogens (tertiary/aromatic N) is 2. The summed E-state index contributed by atoms with van der Waals surface area (Å²) in [4.78, 5) is 33.2. The third-order valence-electron chi connectivity index (χ3n) is 5.00. The van der Waals surface area contributed by atoms with Crippen molar-refractivity contribution in [2.75, 3.05) is 17.1 Å². The van der Waals surface area contributed by atoms with Crippen LogP contribution in [-0.4, -0.2) is 31.1 Å². The van der Waals surface area contributed by atoms with Crippen molar-refractivity contribution < 1.29 is 19.2 Å². The lowest BCUT2D eigenvalue weighted by Gasteiger charge is -2.27. The van der Waals surface area contributed by atoms with Gasteiger partial charge < -0.3 is 4.74 Å². The van der Waals surface area contributed by atoms with Gasteiger partial charge in [0, 0.05) is 0 Å². The van der Waals surface area contributed by atoms with Crippen molar-refractivity contribution >= 4 is 23.2 Å². The lowest BCUT2D eigenvalue weighted by molar-refractivity contribution is -0.126. The van der Waals surface area contributed by atoms with Crippen LogP contribution in [0.3, 0.4) is 0 Å². The number of imide groups is 1. The van der Waals surface area contributed by atoms with Gasteiger partial charge in [-0.25, -0.2) is 9.96 Å². The van der Waals surface area contributed by atoms with Crippen LogP contribution < -0.4 is 14.7 Å². The molecule has 2 aromatic rings. The number of carbonyl (C=O) groups excluding carboxylic acids is 2. The second kappa shape index (κ2) is 6.46. The Morgan fingerprint density at radius 3 is 2.27 bits per heavy atom. The van der Waals surface area contributed by atoms with E-state index in [1.165, 1.54) is 4.90 Å². The zero-order valence-corrected chi connectivity index (χ0v) is 14.7. The molecule has 0 bridgehead atoms. The van der Waals surface area contributed by atoms with E-state index in [1.807, 2.05) is 37.3 Å². The van der Waals surface area contributed by atoms with Gasteiger partial charge in [-0.05, 0) is 42.8 Å². The Labute approximate surface area is 151 Å². The van der Waals surface area contributed by atoms with Crippen molar-refractivity contribution in [1.82, 2.24) is 0 Å². The molecule has 2 fully saturated rings. The van der Waals surface area contributed by atoms with Gasteiger partial charge in [0.1, 0.15) is 5.75 Å². The van der Waals surface area contributed by atoms with E-state index in [4.69, 9.17) is 9.57 Å². The summed E-state index contributed by atoms with van der Waals surface area (Å²) in [6, 6.07) is 16.3. The Bertz CT molecular complexity index is 821. The molecule has 2 amide bonds. The second-order valence-corrected chi connectivity index (χ2v) is 6.40. The number of methoxy groups -OCH3 is 1. The smallest absolute Gasteiger partial charge is 0.266 e. The second-order valence-electron chi connectivity index (χ2n) is 6.40. The SMILES string of the molecule is CC[C@H]1[C@@H]2C(=O)N(c3ccc(OC)cc3)C(=O)[C@@H]2ON1c1ccccc1. The van der Waals surface area contributed by atoms with Gasteiger partial charge in [-0.2, -0.15) is 0 Å². The molecule has 3 atom stereocenters. The summed E-state index contributed by atoms with van der Waals surface area (Å²) < 4.78 is 5.14. The topological polar surface area (TPSA) is 59.1 Å². The molecule has 4 rings (SSSR count). The Balaban J connectivity index is 1.64. The predicted octanol–water partition coefficient (Wildman–Crippen LogP) is 2.78. The zero-order chi connectivity index (χ0) is 18.3. The first kappa shape index (κ1) is 16.6. The molecule has 0 N–H and O–H groups in total. The molecule has 0 unspecified atom stereocenters. The van der Waals surface area contributed by atoms with E-state index in [0.717, 1.165) is 5.69 Å². The molecule has 2 aliphatic heterocycles. The molecule has 0 radical (unpaired) electrons. The van der Waals surface area contributed by atoms with Crippen molar-refractivity contribution in [2.24, 2.45) is 5.92 Å². The third kappa shape index (κ3) is 2.45. The van der Waals surface area contributed by atoms with E-state index >= 15 is 0 Å². The van der Waals surface area contributed by atoms with Crippen molar-refractivity contribution in [3.8, 4) is 5.75 Å². The van der Waals surface area contributed by atoms with Gasteiger partial charge in [-0.1, -0.05) is 25.1 Å². The summed E-state index contributed by atoms with van der Waals surface area (Å²) in [5.41, 5.74) is 1.39. The highest BCUT2D eigenvalue weighted by molar-refractivity contribution is 6.23. The number of rotatable bonds is 4. The van der Waals surface area contributed by atoms with E-state index in [1.54, 1.807) is 36.4 Å². The molecule has 0 aromatic heterocycles. The number of para-hydroxylation sites is 1. The zero-order valence-electron chi connectivity index (χ0n) is 14.7. The first-order valence-electron chi connectivity index (χ1n) is 8.68. The Kier molecular flexibility index (Phi) is 4.12. The summed E-state index contributed by atoms with van der Waals surface area (Å²) in [7, 11) is 1.57. The fourth-order valence-electron chi connectivity index (χ4n) is 3.72. The fraction of sp³-hybridized carbons (Fsp3) is 0.300. The summed E-state index contributed by atoms with van der Waals surface area (Å²) >= 11 is 0. The van der Waals surface area contributed by atoms with Crippen LogP contribution in [0.5, 0.6) is 5.75 Å². The number of amides is 2. The number of ether oxygens (including phenoxy) is 1. The van der Waals surface area contributed by atoms with Crippen molar-refractivity contribution in [2.45, 2.75) is 25.5 Å². The van der Waals surface area contributed by atoms with E-state index in [0.29, 0.717) is 17.9 Å². The van der Waals surface area contributed by atoms with Crippen LogP contribution in [0.25, 0.3) is 0 Å². The van der Waals surface area contributed by atoms with Gasteiger partial charge in [0.05, 0.1) is 30.4 Å². The summed E-state index contributed by atoms with van der Waals surface area (Å²) in [6.45, 7) is 2.00. The van der Waals surface area contributed by atoms with Gasteiger partial charge in [0.25, 0.3) is 5.91 Å². The monoisotopic (exact) mass is 352 g/mol. The first-order chi connectivity index (χ1) is 12.7. The molecular formula is C20H20N2O4. The van der Waals surface area contributed by atoms with Crippen molar-refractivity contribution in [3.05, 3.63) is 54.6 Å². The molecule has 6 nitrogen and oxygen atoms in total. The van der Waals surface area contributed by atoms with Gasteiger partial charge in [-0.3, -0.25) is 14.4 Å². The predicted molar refractivity (Wildman–Crippen MR) is 96.9 cm³/mol. The lowest BCUT2D eigenvalue weighted by Crippen LogP contribution is -2.40. The lowest BCUT2D eigenvalue weighted by atomic mass is 9.94. The molecule has 2 saturated heterocycles. The van der Waals surface area contributed by atoms with Gasteiger partial charge in [-0.15, -0.1) is 0 Å². The Morgan fingerprint density at radius 1 is 0.962 bits per heavy atom. The van der Waals surface area contributed by atoms with Crippen LogP contribution in [0, 0.1) is 5.92 Å². The van der Waals surface area contributed by atoms with Gasteiger partial charge in [0.15, 0.2) is 6.10 Å². The minimum atomic E-state index is -0.783. The molecule has 2 heterocycles. The van der Waals surface area contributed by atoms with Crippen LogP contribution in [0.15, 0.2) is 54.6 Å². The van der Waals surface area contributed by atoms with Crippen molar-refractivity contribution in [1.29, 1.82) is 0 Å². The molecule has 2 aromatic carbocycles. The number of fused-ring (bicyclic) bond motifs is 1.